The summed E-state index contributed by atoms with van der Waals surface area (Å²) < 4.78 is 37.7. The number of hydrogen-bond acceptors (Lipinski definition) is 3. The number of nitrogens with zero attached hydrogens (tertiary/aromatic N) is 4. The van der Waals surface area contributed by atoms with Crippen molar-refractivity contribution in [1.29, 1.82) is 0 Å². The fraction of sp³-hybridized carbons (Fsp3) is 0. The van der Waals surface area contributed by atoms with Crippen molar-refractivity contribution in [2.75, 3.05) is 0 Å². The summed E-state index contributed by atoms with van der Waals surface area (Å²) in [4.78, 5) is 15.0. The molecule has 0 amide bonds. The molecule has 0 unspecified atom stereocenters. The first-order valence-corrected chi connectivity index (χ1v) is 18.2. The summed E-state index contributed by atoms with van der Waals surface area (Å²) >= 11 is 0. The molecule has 0 saturated carbocycles. The molecule has 0 N–H and O–H groups in total. The maximum atomic E-state index is 9.20. The van der Waals surface area contributed by atoms with E-state index >= 15 is 0 Å². The molecule has 4 nitrogen and oxygen atoms in total. The molecular formula is C51H34N4. The fourth-order valence-corrected chi connectivity index (χ4v) is 7.34. The molecule has 0 aliphatic carbocycles. The van der Waals surface area contributed by atoms with Crippen LogP contribution in [0.3, 0.4) is 0 Å². The molecule has 0 spiro atoms. The van der Waals surface area contributed by atoms with E-state index in [-0.39, 0.29) is 24.2 Å². The molecule has 0 radical (unpaired) electrons. The quantitative estimate of drug-likeness (QED) is 0.166. The van der Waals surface area contributed by atoms with Crippen LogP contribution in [-0.4, -0.2) is 19.5 Å². The third-order valence-corrected chi connectivity index (χ3v) is 10.0. The van der Waals surface area contributed by atoms with Crippen molar-refractivity contribution in [2.24, 2.45) is 0 Å². The summed E-state index contributed by atoms with van der Waals surface area (Å²) in [7, 11) is 0. The average molecular weight is 707 g/mol. The minimum atomic E-state index is -0.287. The Kier molecular flexibility index (Phi) is 7.08. The predicted octanol–water partition coefficient (Wildman–Crippen LogP) is 13.0. The van der Waals surface area contributed by atoms with Crippen molar-refractivity contribution in [3.63, 3.8) is 0 Å². The molecule has 0 atom stereocenters. The van der Waals surface area contributed by atoms with E-state index in [1.165, 1.54) is 0 Å². The Morgan fingerprint density at radius 1 is 0.345 bits per heavy atom. The topological polar surface area (TPSA) is 43.6 Å². The summed E-state index contributed by atoms with van der Waals surface area (Å²) in [6.07, 6.45) is 0. The van der Waals surface area contributed by atoms with Crippen LogP contribution in [0, 0.1) is 0 Å². The van der Waals surface area contributed by atoms with Crippen molar-refractivity contribution < 1.29 is 5.48 Å². The van der Waals surface area contributed by atoms with Gasteiger partial charge in [0.15, 0.2) is 17.5 Å². The van der Waals surface area contributed by atoms with Crippen molar-refractivity contribution in [3.8, 4) is 73.2 Å². The molecule has 0 bridgehead atoms. The SMILES string of the molecule is [2H]c1c([2H])c([2H])c2c(c1[2H])c1cc(-c3ccccc3-c3ccccc3)ccc1n2-c1cccc(-c2nc(-c3ccccc3)nc(-c3ccc(-c4ccccc4)cc3)n2)c1. The Labute approximate surface area is 325 Å². The largest absolute Gasteiger partial charge is 0.309 e. The molecule has 258 valence electrons. The van der Waals surface area contributed by atoms with E-state index in [0.717, 1.165) is 61.0 Å². The first-order chi connectivity index (χ1) is 28.9. The number of para-hydroxylation sites is 1. The Morgan fingerprint density at radius 2 is 0.836 bits per heavy atom. The second kappa shape index (κ2) is 13.8. The maximum Gasteiger partial charge on any atom is 0.164 e. The molecule has 0 saturated heterocycles. The number of aromatic nitrogens is 4. The monoisotopic (exact) mass is 706 g/mol. The van der Waals surface area contributed by atoms with Crippen LogP contribution in [-0.2, 0) is 0 Å². The van der Waals surface area contributed by atoms with E-state index in [9.17, 15) is 1.37 Å². The number of fused-ring (bicyclic) bond motifs is 3. The Hall–Kier alpha value is -7.43. The molecule has 0 aliphatic rings. The Balaban J connectivity index is 1.15. The average Bonchev–Trinajstić information content (AvgIpc) is 3.66. The second-order valence-corrected chi connectivity index (χ2v) is 13.4. The van der Waals surface area contributed by atoms with Gasteiger partial charge in [0, 0.05) is 33.2 Å². The van der Waals surface area contributed by atoms with Crippen molar-refractivity contribution in [1.82, 2.24) is 19.5 Å². The van der Waals surface area contributed by atoms with Crippen LogP contribution in [0.25, 0.3) is 95.0 Å². The maximum absolute atomic E-state index is 9.20. The van der Waals surface area contributed by atoms with E-state index < -0.39 is 0 Å². The minimum Gasteiger partial charge on any atom is -0.309 e. The lowest BCUT2D eigenvalue weighted by Crippen LogP contribution is -2.01. The standard InChI is InChI=1S/C51H34N4/c1-4-15-35(16-5-1)36-27-29-39(30-28-36)50-52-49(38-19-8-3-9-20-38)53-51(54-50)41-21-14-22-42(33-41)55-47-26-13-12-25-45(47)46-34-40(31-32-48(46)55)44-24-11-10-23-43(44)37-17-6-2-7-18-37/h1-34H/i12D,13D,25D,26D. The highest BCUT2D eigenvalue weighted by atomic mass is 15.0. The summed E-state index contributed by atoms with van der Waals surface area (Å²) in [5.74, 6) is 1.55. The molecule has 0 fully saturated rings. The van der Waals surface area contributed by atoms with Crippen molar-refractivity contribution >= 4 is 21.8 Å². The van der Waals surface area contributed by atoms with E-state index in [1.54, 1.807) is 0 Å². The zero-order valence-electron chi connectivity index (χ0n) is 33.6. The van der Waals surface area contributed by atoms with Crippen LogP contribution in [0.15, 0.2) is 206 Å². The lowest BCUT2D eigenvalue weighted by atomic mass is 9.94. The highest BCUT2D eigenvalue weighted by Crippen LogP contribution is 2.38. The normalized spacial score (nSPS) is 12.3. The summed E-state index contributed by atoms with van der Waals surface area (Å²) in [6.45, 7) is 0. The lowest BCUT2D eigenvalue weighted by Gasteiger charge is -2.13. The van der Waals surface area contributed by atoms with Gasteiger partial charge in [-0.2, -0.15) is 0 Å². The van der Waals surface area contributed by atoms with Gasteiger partial charge in [0.1, 0.15) is 0 Å². The second-order valence-electron chi connectivity index (χ2n) is 13.4. The molecule has 10 rings (SSSR count). The number of rotatable bonds is 7. The molecule has 2 aromatic heterocycles. The van der Waals surface area contributed by atoms with Crippen LogP contribution in [0.4, 0.5) is 0 Å². The van der Waals surface area contributed by atoms with Crippen LogP contribution in [0.1, 0.15) is 5.48 Å². The first kappa shape index (κ1) is 28.1. The number of hydrogen-bond donors (Lipinski definition) is 0. The smallest absolute Gasteiger partial charge is 0.164 e. The van der Waals surface area contributed by atoms with E-state index in [4.69, 9.17) is 19.1 Å². The van der Waals surface area contributed by atoms with Gasteiger partial charge in [-0.05, 0) is 63.7 Å². The zero-order chi connectivity index (χ0) is 40.0. The molecule has 10 aromatic rings. The van der Waals surface area contributed by atoms with Crippen LogP contribution in [0.2, 0.25) is 0 Å². The van der Waals surface area contributed by atoms with Gasteiger partial charge in [0.2, 0.25) is 0 Å². The third kappa shape index (κ3) is 6.06. The van der Waals surface area contributed by atoms with Gasteiger partial charge in [-0.25, -0.2) is 15.0 Å². The van der Waals surface area contributed by atoms with Gasteiger partial charge in [0.25, 0.3) is 0 Å². The number of benzene rings is 8. The summed E-state index contributed by atoms with van der Waals surface area (Å²) in [5, 5.41) is 1.19. The zero-order valence-corrected chi connectivity index (χ0v) is 29.6. The molecular weight excluding hydrogens is 669 g/mol. The van der Waals surface area contributed by atoms with Crippen LogP contribution >= 0.6 is 0 Å². The molecule has 0 aliphatic heterocycles. The summed E-state index contributed by atoms with van der Waals surface area (Å²) in [6, 6.07) is 60.0. The minimum absolute atomic E-state index is 0.0812. The molecule has 8 aromatic carbocycles. The van der Waals surface area contributed by atoms with Crippen molar-refractivity contribution in [3.05, 3.63) is 206 Å². The first-order valence-electron chi connectivity index (χ1n) is 20.2. The van der Waals surface area contributed by atoms with Gasteiger partial charge < -0.3 is 4.57 Å². The van der Waals surface area contributed by atoms with E-state index in [0.29, 0.717) is 34.1 Å². The van der Waals surface area contributed by atoms with Gasteiger partial charge in [-0.15, -0.1) is 0 Å². The van der Waals surface area contributed by atoms with Crippen molar-refractivity contribution in [2.45, 2.75) is 0 Å². The fourth-order valence-electron chi connectivity index (χ4n) is 7.34. The van der Waals surface area contributed by atoms with Crippen LogP contribution < -0.4 is 0 Å². The Bertz CT molecular complexity index is 3190. The van der Waals surface area contributed by atoms with E-state index in [2.05, 4.69) is 54.6 Å². The van der Waals surface area contributed by atoms with Gasteiger partial charge in [0.05, 0.1) is 16.5 Å². The van der Waals surface area contributed by atoms with Gasteiger partial charge >= 0.3 is 0 Å². The lowest BCUT2D eigenvalue weighted by molar-refractivity contribution is 1.07. The third-order valence-electron chi connectivity index (χ3n) is 10.0. The Morgan fingerprint density at radius 3 is 1.53 bits per heavy atom. The van der Waals surface area contributed by atoms with E-state index in [1.807, 2.05) is 132 Å². The van der Waals surface area contributed by atoms with Crippen LogP contribution in [0.5, 0.6) is 0 Å². The highest BCUT2D eigenvalue weighted by molar-refractivity contribution is 6.11. The van der Waals surface area contributed by atoms with Gasteiger partial charge in [-0.1, -0.05) is 176 Å². The molecule has 55 heavy (non-hydrogen) atoms. The van der Waals surface area contributed by atoms with Gasteiger partial charge in [-0.3, -0.25) is 0 Å². The molecule has 4 heteroatoms. The highest BCUT2D eigenvalue weighted by Gasteiger charge is 2.17. The molecule has 2 heterocycles. The predicted molar refractivity (Wildman–Crippen MR) is 227 cm³/mol. The summed E-state index contributed by atoms with van der Waals surface area (Å²) in [5.41, 5.74) is 10.7.